The van der Waals surface area contributed by atoms with E-state index in [0.29, 0.717) is 44.7 Å². The number of carbonyl (C=O) groups is 4. The molecule has 4 fully saturated rings. The minimum Gasteiger partial charge on any atom is -0.378 e. The van der Waals surface area contributed by atoms with E-state index >= 15 is 0 Å². The molecule has 52 heavy (non-hydrogen) atoms. The Bertz CT molecular complexity index is 1300. The van der Waals surface area contributed by atoms with Gasteiger partial charge in [0, 0.05) is 75.5 Å². The van der Waals surface area contributed by atoms with Gasteiger partial charge in [0.15, 0.2) is 0 Å². The monoisotopic (exact) mass is 724 g/mol. The Labute approximate surface area is 310 Å². The van der Waals surface area contributed by atoms with E-state index in [4.69, 9.17) is 9.47 Å². The van der Waals surface area contributed by atoms with Crippen molar-refractivity contribution in [2.45, 2.75) is 153 Å². The summed E-state index contributed by atoms with van der Waals surface area (Å²) in [5.74, 6) is -0.297. The average Bonchev–Trinajstić information content (AvgIpc) is 3.46. The molecule has 2 heterocycles. The van der Waals surface area contributed by atoms with Gasteiger partial charge < -0.3 is 35.2 Å². The van der Waals surface area contributed by atoms with Gasteiger partial charge in [-0.2, -0.15) is 0 Å². The van der Waals surface area contributed by atoms with Crippen LogP contribution in [0.2, 0.25) is 0 Å². The zero-order valence-corrected chi connectivity index (χ0v) is 32.0. The Morgan fingerprint density at radius 1 is 0.923 bits per heavy atom. The highest BCUT2D eigenvalue weighted by Crippen LogP contribution is 2.37. The van der Waals surface area contributed by atoms with E-state index in [1.807, 2.05) is 12.1 Å². The molecule has 0 spiro atoms. The summed E-state index contributed by atoms with van der Waals surface area (Å²) in [6, 6.07) is 4.89. The maximum Gasteiger partial charge on any atom is 0.226 e. The Kier molecular flexibility index (Phi) is 15.3. The summed E-state index contributed by atoms with van der Waals surface area (Å²) in [7, 11) is 3.93. The number of amides is 4. The number of pyridine rings is 1. The number of carbonyl (C=O) groups excluding carboxylic acids is 4. The summed E-state index contributed by atoms with van der Waals surface area (Å²) in [4.78, 5) is 59.3. The molecule has 1 aromatic rings. The number of ether oxygens (including phenoxy) is 2. The fourth-order valence-corrected chi connectivity index (χ4v) is 8.70. The SMILES string of the molecule is CC(C)N(C)[C@@H]1CCC[C@H](NC(=O)C2CCC(NC(=O)CCCOC3CCC(OCCNC(=O)[C@H]4CC(=O)N(C)[C@@H]4c4cccnc4)CC3)CC2)C1. The topological polar surface area (TPSA) is 142 Å². The van der Waals surface area contributed by atoms with Crippen LogP contribution in [0.5, 0.6) is 0 Å². The molecular weight excluding hydrogens is 660 g/mol. The zero-order valence-electron chi connectivity index (χ0n) is 32.0. The predicted molar refractivity (Wildman–Crippen MR) is 199 cm³/mol. The van der Waals surface area contributed by atoms with E-state index in [2.05, 4.69) is 46.7 Å². The van der Waals surface area contributed by atoms with Crippen LogP contribution in [0.3, 0.4) is 0 Å². The number of aromatic nitrogens is 1. The molecule has 0 bridgehead atoms. The Morgan fingerprint density at radius 3 is 2.31 bits per heavy atom. The molecule has 3 aliphatic carbocycles. The lowest BCUT2D eigenvalue weighted by molar-refractivity contribution is -0.128. The van der Waals surface area contributed by atoms with Gasteiger partial charge in [-0.25, -0.2) is 0 Å². The van der Waals surface area contributed by atoms with Gasteiger partial charge >= 0.3 is 0 Å². The third-order valence-corrected chi connectivity index (χ3v) is 12.1. The van der Waals surface area contributed by atoms with Gasteiger partial charge in [-0.15, -0.1) is 0 Å². The Hall–Kier alpha value is -3.09. The second kappa shape index (κ2) is 19.8. The van der Waals surface area contributed by atoms with Crippen LogP contribution in [0, 0.1) is 11.8 Å². The summed E-state index contributed by atoms with van der Waals surface area (Å²) < 4.78 is 12.2. The fraction of sp³-hybridized carbons (Fsp3) is 0.775. The van der Waals surface area contributed by atoms with Crippen LogP contribution in [-0.4, -0.2) is 109 Å². The van der Waals surface area contributed by atoms with Gasteiger partial charge in [0.25, 0.3) is 0 Å². The molecule has 1 aliphatic heterocycles. The van der Waals surface area contributed by atoms with Crippen molar-refractivity contribution in [3.8, 4) is 0 Å². The van der Waals surface area contributed by atoms with E-state index in [1.165, 1.54) is 6.42 Å². The smallest absolute Gasteiger partial charge is 0.226 e. The third kappa shape index (κ3) is 11.5. The largest absolute Gasteiger partial charge is 0.378 e. The molecule has 0 aromatic carbocycles. The van der Waals surface area contributed by atoms with E-state index in [9.17, 15) is 19.2 Å². The first-order chi connectivity index (χ1) is 25.1. The van der Waals surface area contributed by atoms with Crippen molar-refractivity contribution in [3.05, 3.63) is 30.1 Å². The van der Waals surface area contributed by atoms with Crippen molar-refractivity contribution in [2.24, 2.45) is 11.8 Å². The molecule has 0 radical (unpaired) electrons. The van der Waals surface area contributed by atoms with E-state index < -0.39 is 5.92 Å². The molecule has 3 saturated carbocycles. The molecule has 5 rings (SSSR count). The van der Waals surface area contributed by atoms with Crippen LogP contribution in [0.25, 0.3) is 0 Å². The van der Waals surface area contributed by atoms with Crippen molar-refractivity contribution in [2.75, 3.05) is 33.9 Å². The molecular formula is C40H64N6O6. The highest BCUT2D eigenvalue weighted by Gasteiger charge is 2.42. The number of rotatable bonds is 16. The molecule has 12 heteroatoms. The second-order valence-electron chi connectivity index (χ2n) is 16.0. The van der Waals surface area contributed by atoms with Gasteiger partial charge in [0.05, 0.1) is 30.8 Å². The molecule has 3 N–H and O–H groups in total. The normalized spacial score (nSPS) is 29.7. The zero-order chi connectivity index (χ0) is 37.0. The van der Waals surface area contributed by atoms with Gasteiger partial charge in [-0.05, 0) is 116 Å². The van der Waals surface area contributed by atoms with Crippen LogP contribution >= 0.6 is 0 Å². The number of likely N-dealkylation sites (tertiary alicyclic amines) is 1. The standard InChI is InChI=1S/C40H64N6O6/c1-27(2)45(3)32-10-5-9-31(24-32)44-39(49)28-12-14-30(15-13-28)43-36(47)11-7-22-51-33-16-18-34(19-17-33)52-23-21-42-40(50)35-25-37(48)46(4)38(35)29-8-6-20-41-26-29/h6,8,20,26-28,30-35,38H,5,7,9-19,21-25H2,1-4H3,(H,42,50)(H,43,47)(H,44,49)/t28?,30?,31-,32+,33?,34?,35-,38+/m0/s1. The van der Waals surface area contributed by atoms with E-state index in [-0.39, 0.29) is 66.3 Å². The van der Waals surface area contributed by atoms with Crippen molar-refractivity contribution in [3.63, 3.8) is 0 Å². The van der Waals surface area contributed by atoms with Crippen molar-refractivity contribution >= 4 is 23.6 Å². The summed E-state index contributed by atoms with van der Waals surface area (Å²) in [5, 5.41) is 9.53. The number of hydrogen-bond donors (Lipinski definition) is 3. The van der Waals surface area contributed by atoms with Crippen LogP contribution in [-0.2, 0) is 28.7 Å². The Balaban J connectivity index is 0.875. The Morgan fingerprint density at radius 2 is 1.63 bits per heavy atom. The molecule has 0 unspecified atom stereocenters. The molecule has 4 atom stereocenters. The second-order valence-corrected chi connectivity index (χ2v) is 16.0. The highest BCUT2D eigenvalue weighted by atomic mass is 16.5. The number of nitrogens with one attached hydrogen (secondary N) is 3. The summed E-state index contributed by atoms with van der Waals surface area (Å²) in [6.45, 7) is 5.86. The van der Waals surface area contributed by atoms with Crippen molar-refractivity contribution < 1.29 is 28.7 Å². The van der Waals surface area contributed by atoms with Crippen LogP contribution in [0.1, 0.15) is 122 Å². The lowest BCUT2D eigenvalue weighted by Gasteiger charge is -2.38. The maximum absolute atomic E-state index is 13.1. The lowest BCUT2D eigenvalue weighted by Crippen LogP contribution is -2.48. The maximum atomic E-state index is 13.1. The van der Waals surface area contributed by atoms with E-state index in [0.717, 1.165) is 76.2 Å². The predicted octanol–water partition coefficient (Wildman–Crippen LogP) is 4.28. The first kappa shape index (κ1) is 40.1. The fourth-order valence-electron chi connectivity index (χ4n) is 8.70. The summed E-state index contributed by atoms with van der Waals surface area (Å²) in [5.41, 5.74) is 0.864. The molecule has 1 saturated heterocycles. The van der Waals surface area contributed by atoms with Crippen LogP contribution < -0.4 is 16.0 Å². The molecule has 4 aliphatic rings. The minimum absolute atomic E-state index is 0.0402. The first-order valence-electron chi connectivity index (χ1n) is 20.1. The van der Waals surface area contributed by atoms with Crippen molar-refractivity contribution in [1.29, 1.82) is 0 Å². The van der Waals surface area contributed by atoms with Gasteiger partial charge in [-0.3, -0.25) is 24.2 Å². The molecule has 12 nitrogen and oxygen atoms in total. The van der Waals surface area contributed by atoms with Gasteiger partial charge in [0.2, 0.25) is 23.6 Å². The van der Waals surface area contributed by atoms with Crippen molar-refractivity contribution in [1.82, 2.24) is 30.7 Å². The number of hydrogen-bond acceptors (Lipinski definition) is 8. The molecule has 1 aromatic heterocycles. The van der Waals surface area contributed by atoms with Gasteiger partial charge in [-0.1, -0.05) is 6.07 Å². The highest BCUT2D eigenvalue weighted by molar-refractivity contribution is 5.90. The van der Waals surface area contributed by atoms with E-state index in [1.54, 1.807) is 24.3 Å². The molecule has 290 valence electrons. The van der Waals surface area contributed by atoms with Gasteiger partial charge in [0.1, 0.15) is 0 Å². The molecule has 4 amide bonds. The van der Waals surface area contributed by atoms with Crippen LogP contribution in [0.4, 0.5) is 0 Å². The lowest BCUT2D eigenvalue weighted by atomic mass is 9.84. The average molecular weight is 725 g/mol. The number of nitrogens with zero attached hydrogens (tertiary/aromatic N) is 3. The minimum atomic E-state index is -0.447. The summed E-state index contributed by atoms with van der Waals surface area (Å²) in [6.07, 6.45) is 16.5. The van der Waals surface area contributed by atoms with Crippen LogP contribution in [0.15, 0.2) is 24.5 Å². The summed E-state index contributed by atoms with van der Waals surface area (Å²) >= 11 is 0. The first-order valence-corrected chi connectivity index (χ1v) is 20.1. The quantitative estimate of drug-likeness (QED) is 0.215. The third-order valence-electron chi connectivity index (χ3n) is 12.1.